The lowest BCUT2D eigenvalue weighted by atomic mass is 10.1. The molecule has 8 heteroatoms. The second-order valence-electron chi connectivity index (χ2n) is 7.06. The van der Waals surface area contributed by atoms with E-state index in [1.807, 2.05) is 55.5 Å². The number of pyridine rings is 1. The molecule has 0 aliphatic rings. The van der Waals surface area contributed by atoms with Gasteiger partial charge in [-0.25, -0.2) is 4.98 Å². The molecule has 3 heterocycles. The Hall–Kier alpha value is -3.52. The van der Waals surface area contributed by atoms with Gasteiger partial charge in [0.05, 0.1) is 22.6 Å². The third-order valence-electron chi connectivity index (χ3n) is 5.03. The molecule has 7 nitrogen and oxygen atoms in total. The summed E-state index contributed by atoms with van der Waals surface area (Å²) < 4.78 is 0.971. The van der Waals surface area contributed by atoms with Crippen LogP contribution in [0.3, 0.4) is 0 Å². The summed E-state index contributed by atoms with van der Waals surface area (Å²) in [4.78, 5) is 24.4. The van der Waals surface area contributed by atoms with Crippen LogP contribution in [0.2, 0.25) is 0 Å². The summed E-state index contributed by atoms with van der Waals surface area (Å²) >= 11 is 3.46. The number of carbonyl (C=O) groups is 1. The first kappa shape index (κ1) is 18.5. The summed E-state index contributed by atoms with van der Waals surface area (Å²) in [5.74, 6) is 0.0211. The number of imidazole rings is 1. The van der Waals surface area contributed by atoms with Gasteiger partial charge >= 0.3 is 0 Å². The molecule has 0 saturated carbocycles. The Bertz CT molecular complexity index is 1370. The predicted octanol–water partition coefficient (Wildman–Crippen LogP) is 4.75. The van der Waals surface area contributed by atoms with Gasteiger partial charge in [-0.05, 0) is 48.9 Å². The van der Waals surface area contributed by atoms with Crippen molar-refractivity contribution in [3.8, 4) is 11.3 Å². The molecule has 2 aromatic carbocycles. The highest BCUT2D eigenvalue weighted by atomic mass is 79.9. The fourth-order valence-corrected chi connectivity index (χ4v) is 3.90. The molecule has 0 bridgehead atoms. The lowest BCUT2D eigenvalue weighted by molar-refractivity contribution is 0.0930. The number of nitrogens with zero attached hydrogens (tertiary/aromatic N) is 3. The maximum absolute atomic E-state index is 12.8. The lowest BCUT2D eigenvalue weighted by Crippen LogP contribution is -2.27. The first-order chi connectivity index (χ1) is 14.6. The molecule has 0 spiro atoms. The van der Waals surface area contributed by atoms with Crippen LogP contribution in [0.25, 0.3) is 33.2 Å². The standard InChI is InChI=1S/C22H17BrN6O/c1-12(14-3-2-4-15(23)9-14)25-22(30)21-26-18-10-16-17(11-19(18)27-21)28-29-20(16)13-5-7-24-8-6-13/h2-12H,1H3,(H,25,30)(H,26,27)(H,28,29). The number of carbonyl (C=O) groups excluding carboxylic acids is 1. The Morgan fingerprint density at radius 3 is 2.73 bits per heavy atom. The minimum Gasteiger partial charge on any atom is -0.343 e. The van der Waals surface area contributed by atoms with Crippen molar-refractivity contribution in [2.75, 3.05) is 0 Å². The lowest BCUT2D eigenvalue weighted by Gasteiger charge is -2.13. The number of fused-ring (bicyclic) bond motifs is 2. The van der Waals surface area contributed by atoms with Crippen molar-refractivity contribution in [3.05, 3.63) is 76.8 Å². The van der Waals surface area contributed by atoms with Crippen LogP contribution in [-0.2, 0) is 0 Å². The largest absolute Gasteiger partial charge is 0.343 e. The molecule has 5 rings (SSSR count). The van der Waals surface area contributed by atoms with E-state index in [2.05, 4.69) is 46.4 Å². The van der Waals surface area contributed by atoms with Crippen molar-refractivity contribution in [3.63, 3.8) is 0 Å². The van der Waals surface area contributed by atoms with E-state index in [0.29, 0.717) is 5.52 Å². The van der Waals surface area contributed by atoms with Crippen molar-refractivity contribution in [2.45, 2.75) is 13.0 Å². The van der Waals surface area contributed by atoms with Crippen molar-refractivity contribution < 1.29 is 4.79 Å². The van der Waals surface area contributed by atoms with Crippen molar-refractivity contribution in [2.24, 2.45) is 0 Å². The van der Waals surface area contributed by atoms with Crippen LogP contribution >= 0.6 is 15.9 Å². The van der Waals surface area contributed by atoms with E-state index in [-0.39, 0.29) is 17.8 Å². The van der Waals surface area contributed by atoms with Crippen LogP contribution in [0.1, 0.15) is 29.1 Å². The number of aromatic nitrogens is 5. The molecule has 0 aliphatic heterocycles. The average molecular weight is 461 g/mol. The normalized spacial score (nSPS) is 12.3. The van der Waals surface area contributed by atoms with Gasteiger partial charge in [0, 0.05) is 27.8 Å². The summed E-state index contributed by atoms with van der Waals surface area (Å²) in [5.41, 5.74) is 5.15. The Labute approximate surface area is 180 Å². The molecule has 1 amide bonds. The van der Waals surface area contributed by atoms with Crippen LogP contribution in [0.5, 0.6) is 0 Å². The van der Waals surface area contributed by atoms with Gasteiger partial charge in [0.15, 0.2) is 5.82 Å². The van der Waals surface area contributed by atoms with Gasteiger partial charge in [-0.1, -0.05) is 28.1 Å². The first-order valence-corrected chi connectivity index (χ1v) is 10.2. The molecular weight excluding hydrogens is 444 g/mol. The average Bonchev–Trinajstić information content (AvgIpc) is 3.36. The zero-order chi connectivity index (χ0) is 20.7. The Morgan fingerprint density at radius 2 is 1.93 bits per heavy atom. The number of aromatic amines is 2. The number of benzene rings is 2. The highest BCUT2D eigenvalue weighted by Gasteiger charge is 2.17. The maximum Gasteiger partial charge on any atom is 0.287 e. The van der Waals surface area contributed by atoms with Gasteiger partial charge in [0.25, 0.3) is 5.91 Å². The Kier molecular flexibility index (Phi) is 4.55. The summed E-state index contributed by atoms with van der Waals surface area (Å²) in [6.07, 6.45) is 3.47. The van der Waals surface area contributed by atoms with Crippen LogP contribution in [0.4, 0.5) is 0 Å². The van der Waals surface area contributed by atoms with Gasteiger partial charge < -0.3 is 10.3 Å². The topological polar surface area (TPSA) is 99.3 Å². The molecule has 0 aliphatic carbocycles. The van der Waals surface area contributed by atoms with Crippen LogP contribution < -0.4 is 5.32 Å². The molecule has 5 aromatic rings. The Balaban J connectivity index is 1.46. The van der Waals surface area contributed by atoms with E-state index in [9.17, 15) is 4.79 Å². The molecule has 148 valence electrons. The molecule has 0 fully saturated rings. The molecule has 3 N–H and O–H groups in total. The second kappa shape index (κ2) is 7.38. The van der Waals surface area contributed by atoms with Crippen molar-refractivity contribution in [1.29, 1.82) is 0 Å². The summed E-state index contributed by atoms with van der Waals surface area (Å²) in [6, 6.07) is 15.4. The van der Waals surface area contributed by atoms with E-state index >= 15 is 0 Å². The fraction of sp³-hybridized carbons (Fsp3) is 0.0909. The van der Waals surface area contributed by atoms with Gasteiger partial charge in [0.1, 0.15) is 5.69 Å². The zero-order valence-corrected chi connectivity index (χ0v) is 17.6. The van der Waals surface area contributed by atoms with Gasteiger partial charge in [-0.15, -0.1) is 0 Å². The molecule has 0 radical (unpaired) electrons. The minimum absolute atomic E-state index is 0.152. The molecule has 1 atom stereocenters. The van der Waals surface area contributed by atoms with Gasteiger partial charge in [-0.2, -0.15) is 5.10 Å². The van der Waals surface area contributed by atoms with Gasteiger partial charge in [-0.3, -0.25) is 14.9 Å². The SMILES string of the molecule is CC(NC(=O)c1nc2cc3c(-c4ccncc4)n[nH]c3cc2[nH]1)c1cccc(Br)c1. The molecule has 1 unspecified atom stereocenters. The number of nitrogens with one attached hydrogen (secondary N) is 3. The highest BCUT2D eigenvalue weighted by Crippen LogP contribution is 2.29. The molecule has 30 heavy (non-hydrogen) atoms. The number of H-pyrrole nitrogens is 2. The van der Waals surface area contributed by atoms with Crippen LogP contribution in [0.15, 0.2) is 65.4 Å². The molecular formula is C22H17BrN6O. The van der Waals surface area contributed by atoms with Crippen molar-refractivity contribution >= 4 is 43.8 Å². The number of amides is 1. The van der Waals surface area contributed by atoms with E-state index in [4.69, 9.17) is 0 Å². The highest BCUT2D eigenvalue weighted by molar-refractivity contribution is 9.10. The van der Waals surface area contributed by atoms with Gasteiger partial charge in [0.2, 0.25) is 0 Å². The van der Waals surface area contributed by atoms with Crippen LogP contribution in [0, 0.1) is 0 Å². The third kappa shape index (κ3) is 3.35. The monoisotopic (exact) mass is 460 g/mol. The molecule has 3 aromatic heterocycles. The van der Waals surface area contributed by atoms with Crippen molar-refractivity contribution in [1.82, 2.24) is 30.5 Å². The van der Waals surface area contributed by atoms with E-state index in [1.165, 1.54) is 0 Å². The number of halogens is 1. The second-order valence-corrected chi connectivity index (χ2v) is 7.97. The van der Waals surface area contributed by atoms with E-state index < -0.39 is 0 Å². The third-order valence-corrected chi connectivity index (χ3v) is 5.52. The summed E-state index contributed by atoms with van der Waals surface area (Å²) in [7, 11) is 0. The zero-order valence-electron chi connectivity index (χ0n) is 16.0. The van der Waals surface area contributed by atoms with E-state index in [1.54, 1.807) is 12.4 Å². The minimum atomic E-state index is -0.255. The fourth-order valence-electron chi connectivity index (χ4n) is 3.48. The Morgan fingerprint density at radius 1 is 1.10 bits per heavy atom. The number of rotatable bonds is 4. The maximum atomic E-state index is 12.8. The van der Waals surface area contributed by atoms with E-state index in [0.717, 1.165) is 37.7 Å². The quantitative estimate of drug-likeness (QED) is 0.360. The van der Waals surface area contributed by atoms with Crippen LogP contribution in [-0.4, -0.2) is 31.1 Å². The molecule has 0 saturated heterocycles. The smallest absolute Gasteiger partial charge is 0.287 e. The summed E-state index contributed by atoms with van der Waals surface area (Å²) in [6.45, 7) is 1.94. The number of hydrogen-bond donors (Lipinski definition) is 3. The predicted molar refractivity (Wildman–Crippen MR) is 119 cm³/mol. The number of hydrogen-bond acceptors (Lipinski definition) is 4. The first-order valence-electron chi connectivity index (χ1n) is 9.43. The summed E-state index contributed by atoms with van der Waals surface area (Å²) in [5, 5.41) is 11.4.